The fourth-order valence-corrected chi connectivity index (χ4v) is 2.62. The SMILES string of the molecule is N=C(N)c1cc(F)ccc1CN1CCCC(CO)C1. The molecule has 1 unspecified atom stereocenters. The fraction of sp³-hybridized carbons (Fsp3) is 0.500. The van der Waals surface area contributed by atoms with Gasteiger partial charge < -0.3 is 10.8 Å². The number of halogens is 1. The summed E-state index contributed by atoms with van der Waals surface area (Å²) in [6.07, 6.45) is 2.11. The van der Waals surface area contributed by atoms with Crippen LogP contribution in [0.4, 0.5) is 4.39 Å². The number of nitrogens with one attached hydrogen (secondary N) is 1. The van der Waals surface area contributed by atoms with Crippen LogP contribution in [-0.4, -0.2) is 35.5 Å². The number of rotatable bonds is 4. The van der Waals surface area contributed by atoms with Crippen LogP contribution < -0.4 is 5.73 Å². The van der Waals surface area contributed by atoms with E-state index in [2.05, 4.69) is 4.90 Å². The molecular weight excluding hydrogens is 245 g/mol. The van der Waals surface area contributed by atoms with E-state index >= 15 is 0 Å². The zero-order valence-electron chi connectivity index (χ0n) is 10.9. The first-order valence-electron chi connectivity index (χ1n) is 6.56. The van der Waals surface area contributed by atoms with Crippen molar-refractivity contribution in [3.8, 4) is 0 Å². The van der Waals surface area contributed by atoms with E-state index in [0.717, 1.165) is 31.5 Å². The Morgan fingerprint density at radius 3 is 3.00 bits per heavy atom. The zero-order valence-corrected chi connectivity index (χ0v) is 10.9. The average molecular weight is 265 g/mol. The van der Waals surface area contributed by atoms with E-state index in [4.69, 9.17) is 11.1 Å². The maximum atomic E-state index is 13.2. The van der Waals surface area contributed by atoms with Gasteiger partial charge in [-0.15, -0.1) is 0 Å². The Morgan fingerprint density at radius 2 is 2.32 bits per heavy atom. The molecule has 0 radical (unpaired) electrons. The van der Waals surface area contributed by atoms with Crippen LogP contribution in [0.3, 0.4) is 0 Å². The third kappa shape index (κ3) is 3.52. The van der Waals surface area contributed by atoms with Gasteiger partial charge in [0, 0.05) is 25.3 Å². The molecule has 0 bridgehead atoms. The summed E-state index contributed by atoms with van der Waals surface area (Å²) in [5, 5.41) is 16.7. The number of piperidine rings is 1. The van der Waals surface area contributed by atoms with Gasteiger partial charge in [-0.05, 0) is 43.0 Å². The van der Waals surface area contributed by atoms with E-state index in [0.29, 0.717) is 18.0 Å². The summed E-state index contributed by atoms with van der Waals surface area (Å²) in [4.78, 5) is 2.23. The predicted octanol–water partition coefficient (Wildman–Crippen LogP) is 1.31. The fourth-order valence-electron chi connectivity index (χ4n) is 2.62. The lowest BCUT2D eigenvalue weighted by atomic mass is 9.97. The van der Waals surface area contributed by atoms with Crippen molar-refractivity contribution in [2.45, 2.75) is 19.4 Å². The van der Waals surface area contributed by atoms with Crippen LogP contribution in [0.5, 0.6) is 0 Å². The Balaban J connectivity index is 2.12. The van der Waals surface area contributed by atoms with Crippen LogP contribution >= 0.6 is 0 Å². The van der Waals surface area contributed by atoms with Crippen molar-refractivity contribution in [1.29, 1.82) is 5.41 Å². The van der Waals surface area contributed by atoms with Crippen LogP contribution in [0.2, 0.25) is 0 Å². The molecule has 1 atom stereocenters. The molecule has 1 saturated heterocycles. The maximum absolute atomic E-state index is 13.2. The second kappa shape index (κ2) is 6.12. The number of hydrogen-bond acceptors (Lipinski definition) is 3. The molecule has 0 amide bonds. The van der Waals surface area contributed by atoms with Crippen molar-refractivity contribution in [2.24, 2.45) is 11.7 Å². The molecule has 4 nitrogen and oxygen atoms in total. The highest BCUT2D eigenvalue weighted by molar-refractivity contribution is 5.96. The molecule has 4 N–H and O–H groups in total. The minimum absolute atomic E-state index is 0.106. The molecular formula is C14H20FN3O. The van der Waals surface area contributed by atoms with E-state index in [1.807, 2.05) is 0 Å². The van der Waals surface area contributed by atoms with Gasteiger partial charge in [0.1, 0.15) is 11.7 Å². The second-order valence-electron chi connectivity index (χ2n) is 5.14. The molecule has 0 saturated carbocycles. The van der Waals surface area contributed by atoms with Gasteiger partial charge in [0.2, 0.25) is 0 Å². The van der Waals surface area contributed by atoms with E-state index in [-0.39, 0.29) is 18.3 Å². The first kappa shape index (κ1) is 14.0. The van der Waals surface area contributed by atoms with Crippen LogP contribution in [0.15, 0.2) is 18.2 Å². The van der Waals surface area contributed by atoms with Gasteiger partial charge in [0.25, 0.3) is 0 Å². The van der Waals surface area contributed by atoms with Crippen molar-refractivity contribution in [1.82, 2.24) is 4.90 Å². The summed E-state index contributed by atoms with van der Waals surface area (Å²) in [6, 6.07) is 4.40. The maximum Gasteiger partial charge on any atom is 0.123 e. The van der Waals surface area contributed by atoms with Crippen molar-refractivity contribution in [2.75, 3.05) is 19.7 Å². The van der Waals surface area contributed by atoms with Gasteiger partial charge in [-0.25, -0.2) is 4.39 Å². The summed E-state index contributed by atoms with van der Waals surface area (Å²) in [5.41, 5.74) is 6.83. The van der Waals surface area contributed by atoms with E-state index < -0.39 is 0 Å². The lowest BCUT2D eigenvalue weighted by Crippen LogP contribution is -2.36. The summed E-state index contributed by atoms with van der Waals surface area (Å²) in [5.74, 6) is -0.166. The molecule has 1 heterocycles. The molecule has 19 heavy (non-hydrogen) atoms. The van der Waals surface area contributed by atoms with Gasteiger partial charge >= 0.3 is 0 Å². The van der Waals surface area contributed by atoms with Gasteiger partial charge in [-0.1, -0.05) is 6.07 Å². The van der Waals surface area contributed by atoms with E-state index in [1.54, 1.807) is 6.07 Å². The number of amidine groups is 1. The van der Waals surface area contributed by atoms with Crippen LogP contribution in [0.1, 0.15) is 24.0 Å². The summed E-state index contributed by atoms with van der Waals surface area (Å²) < 4.78 is 13.2. The Labute approximate surface area is 112 Å². The quantitative estimate of drug-likeness (QED) is 0.568. The molecule has 0 spiro atoms. The van der Waals surface area contributed by atoms with Crippen molar-refractivity contribution < 1.29 is 9.50 Å². The minimum atomic E-state index is -0.374. The molecule has 0 aromatic heterocycles. The molecule has 2 rings (SSSR count). The van der Waals surface area contributed by atoms with Crippen molar-refractivity contribution in [3.05, 3.63) is 35.1 Å². The first-order valence-corrected chi connectivity index (χ1v) is 6.56. The van der Waals surface area contributed by atoms with Crippen molar-refractivity contribution >= 4 is 5.84 Å². The lowest BCUT2D eigenvalue weighted by Gasteiger charge is -2.32. The average Bonchev–Trinajstić information content (AvgIpc) is 2.41. The number of aliphatic hydroxyl groups excluding tert-OH is 1. The second-order valence-corrected chi connectivity index (χ2v) is 5.14. The summed E-state index contributed by atoms with van der Waals surface area (Å²) in [7, 11) is 0. The normalized spacial score (nSPS) is 20.4. The van der Waals surface area contributed by atoms with Crippen LogP contribution in [-0.2, 0) is 6.54 Å². The van der Waals surface area contributed by atoms with Crippen molar-refractivity contribution in [3.63, 3.8) is 0 Å². The molecule has 5 heteroatoms. The first-order chi connectivity index (χ1) is 9.10. The lowest BCUT2D eigenvalue weighted by molar-refractivity contribution is 0.116. The van der Waals surface area contributed by atoms with Gasteiger partial charge in [-0.2, -0.15) is 0 Å². The summed E-state index contributed by atoms with van der Waals surface area (Å²) in [6.45, 7) is 2.65. The van der Waals surface area contributed by atoms with Gasteiger partial charge in [-0.3, -0.25) is 10.3 Å². The smallest absolute Gasteiger partial charge is 0.123 e. The molecule has 1 fully saturated rings. The van der Waals surface area contributed by atoms with Crippen LogP contribution in [0.25, 0.3) is 0 Å². The standard InChI is InChI=1S/C14H20FN3O/c15-12-4-3-11(13(6-12)14(16)17)8-18-5-1-2-10(7-18)9-19/h3-4,6,10,19H,1-2,5,7-9H2,(H3,16,17). The zero-order chi connectivity index (χ0) is 13.8. The molecule has 1 aliphatic rings. The number of hydrogen-bond donors (Lipinski definition) is 3. The number of nitrogens with zero attached hydrogens (tertiary/aromatic N) is 1. The number of nitrogen functional groups attached to an aromatic ring is 1. The third-order valence-corrected chi connectivity index (χ3v) is 3.62. The topological polar surface area (TPSA) is 73.3 Å². The highest BCUT2D eigenvalue weighted by Gasteiger charge is 2.20. The Bertz CT molecular complexity index is 464. The Kier molecular flexibility index (Phi) is 4.50. The molecule has 1 aromatic carbocycles. The number of nitrogens with two attached hydrogens (primary N) is 1. The monoisotopic (exact) mass is 265 g/mol. The van der Waals surface area contributed by atoms with Gasteiger partial charge in [0.05, 0.1) is 0 Å². The Hall–Kier alpha value is -1.46. The largest absolute Gasteiger partial charge is 0.396 e. The van der Waals surface area contributed by atoms with Gasteiger partial charge in [0.15, 0.2) is 0 Å². The number of benzene rings is 1. The van der Waals surface area contributed by atoms with E-state index in [1.165, 1.54) is 12.1 Å². The highest BCUT2D eigenvalue weighted by Crippen LogP contribution is 2.20. The molecule has 104 valence electrons. The third-order valence-electron chi connectivity index (χ3n) is 3.62. The van der Waals surface area contributed by atoms with E-state index in [9.17, 15) is 9.50 Å². The highest BCUT2D eigenvalue weighted by atomic mass is 19.1. The van der Waals surface area contributed by atoms with Crippen LogP contribution in [0, 0.1) is 17.1 Å². The molecule has 1 aliphatic heterocycles. The predicted molar refractivity (Wildman–Crippen MR) is 72.5 cm³/mol. The molecule has 1 aromatic rings. The number of likely N-dealkylation sites (tertiary alicyclic amines) is 1. The Morgan fingerprint density at radius 1 is 1.53 bits per heavy atom. The number of aliphatic hydroxyl groups is 1. The minimum Gasteiger partial charge on any atom is -0.396 e. The molecule has 0 aliphatic carbocycles. The summed E-state index contributed by atoms with van der Waals surface area (Å²) >= 11 is 0.